The molecule has 1 aliphatic heterocycles. The van der Waals surface area contributed by atoms with Gasteiger partial charge < -0.3 is 9.30 Å². The number of carbonyl (C=O) groups is 3. The summed E-state index contributed by atoms with van der Waals surface area (Å²) in [6.07, 6.45) is 4.95. The quantitative estimate of drug-likeness (QED) is 0.494. The van der Waals surface area contributed by atoms with E-state index in [9.17, 15) is 14.4 Å². The number of pyridine rings is 1. The molecule has 0 bridgehead atoms. The molecule has 1 fully saturated rings. The third-order valence-corrected chi connectivity index (χ3v) is 5.18. The molecule has 2 aromatic heterocycles. The van der Waals surface area contributed by atoms with Gasteiger partial charge in [-0.1, -0.05) is 0 Å². The van der Waals surface area contributed by atoms with Crippen molar-refractivity contribution in [3.63, 3.8) is 0 Å². The van der Waals surface area contributed by atoms with Gasteiger partial charge >= 0.3 is 6.03 Å². The van der Waals surface area contributed by atoms with Gasteiger partial charge in [0.2, 0.25) is 0 Å². The molecule has 3 aromatic rings. The number of rotatable bonds is 5. The Hall–Kier alpha value is -4.20. The Balaban J connectivity index is 1.71. The number of hydrogen-bond acceptors (Lipinski definition) is 5. The summed E-state index contributed by atoms with van der Waals surface area (Å²) in [7, 11) is 0. The third kappa shape index (κ3) is 3.78. The topological polar surface area (TPSA) is 93.5 Å². The molecule has 1 N–H and O–H groups in total. The average molecular weight is 430 g/mol. The van der Waals surface area contributed by atoms with Crippen LogP contribution in [0.1, 0.15) is 23.9 Å². The fourth-order valence-corrected chi connectivity index (χ4v) is 3.72. The molecule has 3 heterocycles. The second-order valence-electron chi connectivity index (χ2n) is 7.26. The van der Waals surface area contributed by atoms with Gasteiger partial charge in [0, 0.05) is 17.6 Å². The molecule has 8 nitrogen and oxygen atoms in total. The van der Waals surface area contributed by atoms with E-state index in [0.717, 1.165) is 22.0 Å². The van der Waals surface area contributed by atoms with E-state index >= 15 is 0 Å². The number of hydrogen-bond donors (Lipinski definition) is 1. The van der Waals surface area contributed by atoms with Gasteiger partial charge in [0.05, 0.1) is 24.2 Å². The monoisotopic (exact) mass is 430 g/mol. The first-order chi connectivity index (χ1) is 15.4. The lowest BCUT2D eigenvalue weighted by atomic mass is 10.1. The largest absolute Gasteiger partial charge is 0.494 e. The van der Waals surface area contributed by atoms with Crippen LogP contribution in [0.5, 0.6) is 5.75 Å². The van der Waals surface area contributed by atoms with Crippen molar-refractivity contribution in [1.82, 2.24) is 14.9 Å². The molecule has 0 unspecified atom stereocenters. The Labute approximate surface area is 185 Å². The molecule has 4 rings (SSSR count). The number of barbiturate groups is 1. The normalized spacial score (nSPS) is 15.3. The van der Waals surface area contributed by atoms with Gasteiger partial charge in [-0.25, -0.2) is 9.69 Å². The fourth-order valence-electron chi connectivity index (χ4n) is 3.72. The number of aromatic nitrogens is 2. The molecule has 162 valence electrons. The summed E-state index contributed by atoms with van der Waals surface area (Å²) in [5.41, 5.74) is 3.56. The lowest BCUT2D eigenvalue weighted by Crippen LogP contribution is -2.54. The predicted molar refractivity (Wildman–Crippen MR) is 120 cm³/mol. The molecule has 1 saturated heterocycles. The minimum atomic E-state index is -0.790. The van der Waals surface area contributed by atoms with Gasteiger partial charge in [-0.15, -0.1) is 0 Å². The van der Waals surface area contributed by atoms with Crippen LogP contribution in [0, 0.1) is 13.8 Å². The minimum absolute atomic E-state index is 0.120. The van der Waals surface area contributed by atoms with Crippen LogP contribution in [0.2, 0.25) is 0 Å². The molecular weight excluding hydrogens is 408 g/mol. The van der Waals surface area contributed by atoms with Crippen LogP contribution in [0.25, 0.3) is 11.8 Å². The second kappa shape index (κ2) is 8.50. The first-order valence-electron chi connectivity index (χ1n) is 10.1. The van der Waals surface area contributed by atoms with Crippen LogP contribution in [0.3, 0.4) is 0 Å². The van der Waals surface area contributed by atoms with Crippen LogP contribution in [0.15, 0.2) is 60.4 Å². The molecule has 32 heavy (non-hydrogen) atoms. The van der Waals surface area contributed by atoms with Crippen LogP contribution in [-0.4, -0.2) is 34.0 Å². The maximum Gasteiger partial charge on any atom is 0.335 e. The smallest absolute Gasteiger partial charge is 0.335 e. The summed E-state index contributed by atoms with van der Waals surface area (Å²) in [6, 6.07) is 11.4. The number of aryl methyl sites for hydroxylation is 1. The maximum atomic E-state index is 13.2. The van der Waals surface area contributed by atoms with Crippen molar-refractivity contribution in [1.29, 1.82) is 0 Å². The first kappa shape index (κ1) is 21.0. The number of nitrogens with zero attached hydrogens (tertiary/aromatic N) is 3. The Kier molecular flexibility index (Phi) is 5.59. The van der Waals surface area contributed by atoms with Crippen LogP contribution in [-0.2, 0) is 9.59 Å². The zero-order valence-corrected chi connectivity index (χ0v) is 18.0. The fraction of sp³-hybridized carbons (Fsp3) is 0.167. The van der Waals surface area contributed by atoms with E-state index in [2.05, 4.69) is 10.3 Å². The average Bonchev–Trinajstić information content (AvgIpc) is 3.06. The second-order valence-corrected chi connectivity index (χ2v) is 7.26. The highest BCUT2D eigenvalue weighted by molar-refractivity contribution is 6.39. The molecule has 0 aliphatic carbocycles. The van der Waals surface area contributed by atoms with Crippen molar-refractivity contribution in [3.05, 3.63) is 77.4 Å². The Bertz CT molecular complexity index is 1230. The lowest BCUT2D eigenvalue weighted by molar-refractivity contribution is -0.122. The lowest BCUT2D eigenvalue weighted by Gasteiger charge is -2.26. The Morgan fingerprint density at radius 2 is 1.81 bits per heavy atom. The van der Waals surface area contributed by atoms with Crippen LogP contribution >= 0.6 is 0 Å². The number of amides is 4. The summed E-state index contributed by atoms with van der Waals surface area (Å²) in [5.74, 6) is -0.793. The van der Waals surface area contributed by atoms with Crippen LogP contribution < -0.4 is 15.0 Å². The number of anilines is 1. The number of imide groups is 2. The van der Waals surface area contributed by atoms with Gasteiger partial charge in [0.1, 0.15) is 11.3 Å². The molecule has 4 amide bonds. The highest BCUT2D eigenvalue weighted by Crippen LogP contribution is 2.26. The molecule has 0 spiro atoms. The van der Waals surface area contributed by atoms with Gasteiger partial charge in [-0.2, -0.15) is 0 Å². The van der Waals surface area contributed by atoms with Gasteiger partial charge in [0.25, 0.3) is 11.8 Å². The van der Waals surface area contributed by atoms with Gasteiger partial charge in [-0.05, 0) is 74.9 Å². The van der Waals surface area contributed by atoms with E-state index in [-0.39, 0.29) is 5.57 Å². The molecule has 0 saturated carbocycles. The minimum Gasteiger partial charge on any atom is -0.494 e. The summed E-state index contributed by atoms with van der Waals surface area (Å²) in [4.78, 5) is 43.2. The highest BCUT2D eigenvalue weighted by atomic mass is 16.5. The van der Waals surface area contributed by atoms with Crippen molar-refractivity contribution in [3.8, 4) is 11.4 Å². The van der Waals surface area contributed by atoms with Crippen molar-refractivity contribution < 1.29 is 19.1 Å². The van der Waals surface area contributed by atoms with Crippen molar-refractivity contribution in [2.75, 3.05) is 11.5 Å². The standard InChI is InChI=1S/C24H22N4O4/c1-4-32-20-9-7-18(8-10-20)28-23(30)21(22(29)26-24(28)31)13-17-12-15(2)27(16(17)3)19-6-5-11-25-14-19/h5-14H,4H2,1-3H3,(H,26,29,31)/b21-13+. The molecule has 8 heteroatoms. The van der Waals surface area contributed by atoms with E-state index in [0.29, 0.717) is 23.6 Å². The summed E-state index contributed by atoms with van der Waals surface area (Å²) >= 11 is 0. The summed E-state index contributed by atoms with van der Waals surface area (Å²) in [5, 5.41) is 2.25. The van der Waals surface area contributed by atoms with E-state index in [4.69, 9.17) is 4.74 Å². The van der Waals surface area contributed by atoms with E-state index < -0.39 is 17.8 Å². The zero-order valence-electron chi connectivity index (χ0n) is 18.0. The number of benzene rings is 1. The zero-order chi connectivity index (χ0) is 22.8. The maximum absolute atomic E-state index is 13.2. The number of urea groups is 1. The third-order valence-electron chi connectivity index (χ3n) is 5.18. The van der Waals surface area contributed by atoms with Crippen molar-refractivity contribution >= 4 is 29.6 Å². The first-order valence-corrected chi connectivity index (χ1v) is 10.1. The summed E-state index contributed by atoms with van der Waals surface area (Å²) < 4.78 is 7.39. The Morgan fingerprint density at radius 1 is 1.06 bits per heavy atom. The SMILES string of the molecule is CCOc1ccc(N2C(=O)NC(=O)/C(=C\c3cc(C)n(-c4cccnc4)c3C)C2=O)cc1. The molecule has 1 aliphatic rings. The molecule has 1 aromatic carbocycles. The molecule has 0 atom stereocenters. The van der Waals surface area contributed by atoms with Crippen LogP contribution in [0.4, 0.5) is 10.5 Å². The number of ether oxygens (including phenoxy) is 1. The van der Waals surface area contributed by atoms with Crippen molar-refractivity contribution in [2.45, 2.75) is 20.8 Å². The van der Waals surface area contributed by atoms with Gasteiger partial charge in [0.15, 0.2) is 0 Å². The molecular formula is C24H22N4O4. The molecule has 0 radical (unpaired) electrons. The highest BCUT2D eigenvalue weighted by Gasteiger charge is 2.37. The van der Waals surface area contributed by atoms with E-state index in [1.54, 1.807) is 36.7 Å². The number of nitrogens with one attached hydrogen (secondary N) is 1. The van der Waals surface area contributed by atoms with E-state index in [1.165, 1.54) is 6.08 Å². The predicted octanol–water partition coefficient (Wildman–Crippen LogP) is 3.55. The van der Waals surface area contributed by atoms with E-state index in [1.807, 2.05) is 43.5 Å². The van der Waals surface area contributed by atoms with Crippen molar-refractivity contribution in [2.24, 2.45) is 0 Å². The van der Waals surface area contributed by atoms with Gasteiger partial charge in [-0.3, -0.25) is 19.9 Å². The summed E-state index contributed by atoms with van der Waals surface area (Å²) in [6.45, 7) is 6.19. The number of carbonyl (C=O) groups excluding carboxylic acids is 3. The Morgan fingerprint density at radius 3 is 2.47 bits per heavy atom.